The van der Waals surface area contributed by atoms with E-state index >= 15 is 0 Å². The third-order valence-corrected chi connectivity index (χ3v) is 3.33. The molecule has 1 aromatic rings. The van der Waals surface area contributed by atoms with Gasteiger partial charge < -0.3 is 4.74 Å². The summed E-state index contributed by atoms with van der Waals surface area (Å²) in [4.78, 5) is 0. The van der Waals surface area contributed by atoms with Gasteiger partial charge in [0.05, 0.1) is 0 Å². The van der Waals surface area contributed by atoms with Crippen LogP contribution in [-0.4, -0.2) is 16.7 Å². The molecule has 0 amide bonds. The zero-order valence-electron chi connectivity index (χ0n) is 11.0. The van der Waals surface area contributed by atoms with Crippen molar-refractivity contribution < 1.29 is 4.74 Å². The summed E-state index contributed by atoms with van der Waals surface area (Å²) in [6.07, 6.45) is 12.0. The second-order valence-corrected chi connectivity index (χ2v) is 5.26. The summed E-state index contributed by atoms with van der Waals surface area (Å²) in [7, 11) is 0. The zero-order chi connectivity index (χ0) is 13.8. The van der Waals surface area contributed by atoms with Crippen LogP contribution in [0.25, 0.3) is 6.08 Å². The summed E-state index contributed by atoms with van der Waals surface area (Å²) < 4.78 is 5.97. The van der Waals surface area contributed by atoms with Gasteiger partial charge in [-0.05, 0) is 30.8 Å². The average Bonchev–Trinajstić information content (AvgIpc) is 2.44. The first-order valence-corrected chi connectivity index (χ1v) is 7.51. The molecule has 3 heteroatoms. The van der Waals surface area contributed by atoms with Crippen LogP contribution in [0.2, 0.25) is 0 Å². The van der Waals surface area contributed by atoms with Crippen LogP contribution in [-0.2, 0) is 4.74 Å². The van der Waals surface area contributed by atoms with Gasteiger partial charge in [-0.1, -0.05) is 72.5 Å². The predicted octanol–water partition coefficient (Wildman–Crippen LogP) is 4.87. The summed E-state index contributed by atoms with van der Waals surface area (Å²) >= 11 is 6.65. The molecule has 19 heavy (non-hydrogen) atoms. The SMILES string of the molecule is C/C=C/C=C/COC(=S)SC/C=C/c1ccccc1. The molecule has 0 heterocycles. The van der Waals surface area contributed by atoms with E-state index in [0.29, 0.717) is 11.0 Å². The molecule has 100 valence electrons. The van der Waals surface area contributed by atoms with Gasteiger partial charge in [0.25, 0.3) is 0 Å². The monoisotopic (exact) mass is 290 g/mol. The van der Waals surface area contributed by atoms with Gasteiger partial charge in [-0.25, -0.2) is 0 Å². The number of allylic oxidation sites excluding steroid dienone is 3. The normalized spacial score (nSPS) is 11.6. The molecular formula is C16H18OS2. The number of thioether (sulfide) groups is 1. The fourth-order valence-electron chi connectivity index (χ4n) is 1.27. The fraction of sp³-hybridized carbons (Fsp3) is 0.188. The number of hydrogen-bond donors (Lipinski definition) is 0. The van der Waals surface area contributed by atoms with Crippen molar-refractivity contribution in [2.75, 3.05) is 12.4 Å². The van der Waals surface area contributed by atoms with Gasteiger partial charge in [-0.15, -0.1) is 0 Å². The minimum atomic E-state index is 0.526. The smallest absolute Gasteiger partial charge is 0.220 e. The van der Waals surface area contributed by atoms with Crippen LogP contribution in [0.4, 0.5) is 0 Å². The zero-order valence-corrected chi connectivity index (χ0v) is 12.6. The molecule has 0 spiro atoms. The van der Waals surface area contributed by atoms with Gasteiger partial charge in [0.2, 0.25) is 4.38 Å². The molecule has 0 atom stereocenters. The minimum Gasteiger partial charge on any atom is -0.474 e. The van der Waals surface area contributed by atoms with Crippen molar-refractivity contribution in [2.24, 2.45) is 0 Å². The first-order valence-electron chi connectivity index (χ1n) is 6.12. The molecule has 0 fully saturated rings. The molecule has 0 bridgehead atoms. The number of rotatable bonds is 6. The maximum atomic E-state index is 5.38. The lowest BCUT2D eigenvalue weighted by Gasteiger charge is -2.01. The Labute approximate surface area is 125 Å². The molecule has 0 aromatic heterocycles. The van der Waals surface area contributed by atoms with Crippen molar-refractivity contribution >= 4 is 34.4 Å². The van der Waals surface area contributed by atoms with E-state index in [2.05, 4.69) is 24.3 Å². The number of hydrogen-bond acceptors (Lipinski definition) is 3. The van der Waals surface area contributed by atoms with Crippen molar-refractivity contribution in [3.8, 4) is 0 Å². The van der Waals surface area contributed by atoms with Gasteiger partial charge in [0.15, 0.2) is 0 Å². The van der Waals surface area contributed by atoms with Gasteiger partial charge >= 0.3 is 0 Å². The molecule has 0 aliphatic rings. The lowest BCUT2D eigenvalue weighted by molar-refractivity contribution is 0.370. The summed E-state index contributed by atoms with van der Waals surface area (Å²) in [6.45, 7) is 2.50. The Morgan fingerprint density at radius 1 is 1.21 bits per heavy atom. The highest BCUT2D eigenvalue weighted by atomic mass is 32.2. The second-order valence-electron chi connectivity index (χ2n) is 3.64. The summed E-state index contributed by atoms with van der Waals surface area (Å²) in [5.74, 6) is 0.826. The molecule has 0 aliphatic carbocycles. The van der Waals surface area contributed by atoms with Crippen LogP contribution in [0.1, 0.15) is 12.5 Å². The first-order chi connectivity index (χ1) is 9.33. The average molecular weight is 290 g/mol. The van der Waals surface area contributed by atoms with Crippen LogP contribution in [0, 0.1) is 0 Å². The summed E-state index contributed by atoms with van der Waals surface area (Å²) in [5.41, 5.74) is 1.20. The van der Waals surface area contributed by atoms with Gasteiger partial charge in [0, 0.05) is 5.75 Å². The van der Waals surface area contributed by atoms with Crippen molar-refractivity contribution in [2.45, 2.75) is 6.92 Å². The summed E-state index contributed by atoms with van der Waals surface area (Å²) in [5, 5.41) is 0. The largest absolute Gasteiger partial charge is 0.474 e. The predicted molar refractivity (Wildman–Crippen MR) is 90.4 cm³/mol. The molecule has 0 saturated heterocycles. The van der Waals surface area contributed by atoms with Crippen molar-refractivity contribution in [3.63, 3.8) is 0 Å². The Hall–Kier alpha value is -1.32. The van der Waals surface area contributed by atoms with E-state index in [1.165, 1.54) is 17.3 Å². The van der Waals surface area contributed by atoms with E-state index in [0.717, 1.165) is 5.75 Å². The number of ether oxygens (including phenoxy) is 1. The van der Waals surface area contributed by atoms with E-state index in [1.54, 1.807) is 0 Å². The fourth-order valence-corrected chi connectivity index (χ4v) is 2.02. The Bertz CT molecular complexity index is 447. The van der Waals surface area contributed by atoms with Crippen LogP contribution < -0.4 is 0 Å². The van der Waals surface area contributed by atoms with Crippen LogP contribution in [0.5, 0.6) is 0 Å². The Morgan fingerprint density at radius 3 is 2.74 bits per heavy atom. The highest BCUT2D eigenvalue weighted by Gasteiger charge is 1.94. The maximum absolute atomic E-state index is 5.38. The van der Waals surface area contributed by atoms with E-state index in [4.69, 9.17) is 17.0 Å². The molecule has 0 saturated carbocycles. The first kappa shape index (κ1) is 15.7. The van der Waals surface area contributed by atoms with Crippen molar-refractivity contribution in [1.82, 2.24) is 0 Å². The quantitative estimate of drug-likeness (QED) is 0.546. The Kier molecular flexibility index (Phi) is 8.77. The minimum absolute atomic E-state index is 0.526. The van der Waals surface area contributed by atoms with Gasteiger partial charge in [0.1, 0.15) is 6.61 Å². The highest BCUT2D eigenvalue weighted by Crippen LogP contribution is 2.08. The Morgan fingerprint density at radius 2 is 2.00 bits per heavy atom. The molecule has 1 rings (SSSR count). The number of benzene rings is 1. The molecular weight excluding hydrogens is 272 g/mol. The molecule has 1 nitrogen and oxygen atoms in total. The third kappa shape index (κ3) is 8.41. The molecule has 1 aromatic carbocycles. The number of thiocarbonyl (C=S) groups is 1. The maximum Gasteiger partial charge on any atom is 0.220 e. The standard InChI is InChI=1S/C16H18OS2/c1-2-3-4-8-13-17-16(18)19-14-9-12-15-10-6-5-7-11-15/h2-12H,13-14H2,1H3/b3-2+,8-4+,12-9+. The molecule has 0 aliphatic heterocycles. The lowest BCUT2D eigenvalue weighted by Crippen LogP contribution is -1.96. The molecule has 0 unspecified atom stereocenters. The lowest BCUT2D eigenvalue weighted by atomic mass is 10.2. The third-order valence-electron chi connectivity index (χ3n) is 2.14. The van der Waals surface area contributed by atoms with E-state index < -0.39 is 0 Å². The van der Waals surface area contributed by atoms with Crippen LogP contribution in [0.15, 0.2) is 60.7 Å². The Balaban J connectivity index is 2.15. The summed E-state index contributed by atoms with van der Waals surface area (Å²) in [6, 6.07) is 10.2. The van der Waals surface area contributed by atoms with E-state index in [1.807, 2.05) is 49.4 Å². The van der Waals surface area contributed by atoms with Crippen LogP contribution >= 0.6 is 24.0 Å². The van der Waals surface area contributed by atoms with Crippen molar-refractivity contribution in [1.29, 1.82) is 0 Å². The second kappa shape index (κ2) is 10.6. The van der Waals surface area contributed by atoms with Gasteiger partial charge in [-0.3, -0.25) is 0 Å². The van der Waals surface area contributed by atoms with E-state index in [-0.39, 0.29) is 0 Å². The topological polar surface area (TPSA) is 9.23 Å². The molecule has 0 N–H and O–H groups in total. The van der Waals surface area contributed by atoms with Crippen molar-refractivity contribution in [3.05, 3.63) is 66.3 Å². The molecule has 0 radical (unpaired) electrons. The van der Waals surface area contributed by atoms with E-state index in [9.17, 15) is 0 Å². The van der Waals surface area contributed by atoms with Gasteiger partial charge in [-0.2, -0.15) is 0 Å². The van der Waals surface area contributed by atoms with Crippen LogP contribution in [0.3, 0.4) is 0 Å². The highest BCUT2D eigenvalue weighted by molar-refractivity contribution is 8.22.